The lowest BCUT2D eigenvalue weighted by atomic mass is 9.64. The minimum atomic E-state index is 0. The third kappa shape index (κ3) is 9.77. The number of likely N-dealkylation sites (N-methyl/N-ethyl adjacent to an activating group) is 2. The Kier molecular flexibility index (Phi) is 20.8. The highest BCUT2D eigenvalue weighted by Gasteiger charge is 2.54. The Morgan fingerprint density at radius 2 is 0.968 bits per heavy atom. The van der Waals surface area contributed by atoms with E-state index in [9.17, 15) is 0 Å². The summed E-state index contributed by atoms with van der Waals surface area (Å²) in [5, 5.41) is 12.3. The molecule has 13 nitrogen and oxygen atoms in total. The van der Waals surface area contributed by atoms with Crippen LogP contribution in [0.25, 0.3) is 21.8 Å². The first-order chi connectivity index (χ1) is 27.3. The van der Waals surface area contributed by atoms with Crippen molar-refractivity contribution in [2.45, 2.75) is 90.1 Å². The number of hydrogen-bond acceptors (Lipinski definition) is 8. The van der Waals surface area contributed by atoms with E-state index in [1.54, 1.807) is 11.1 Å². The van der Waals surface area contributed by atoms with Crippen molar-refractivity contribution < 1.29 is 26.1 Å². The van der Waals surface area contributed by atoms with Gasteiger partial charge in [0.2, 0.25) is 0 Å². The van der Waals surface area contributed by atoms with E-state index in [-0.39, 0.29) is 66.1 Å². The van der Waals surface area contributed by atoms with Gasteiger partial charge in [-0.3, -0.25) is 18.9 Å². The van der Waals surface area contributed by atoms with Crippen molar-refractivity contribution in [2.24, 2.45) is 21.1 Å². The summed E-state index contributed by atoms with van der Waals surface area (Å²) in [7, 11) is 8.28. The lowest BCUT2D eigenvalue weighted by Gasteiger charge is -2.55. The molecule has 2 saturated heterocycles. The Bertz CT molecular complexity index is 2010. The molecule has 63 heavy (non-hydrogen) atoms. The molecule has 6 aliphatic rings. The fourth-order valence-corrected chi connectivity index (χ4v) is 11.8. The minimum Gasteiger partial charge on any atom is -0.412 e. The molecule has 0 amide bonds. The van der Waals surface area contributed by atoms with Gasteiger partial charge in [0.15, 0.2) is 11.7 Å². The van der Waals surface area contributed by atoms with E-state index in [1.807, 2.05) is 0 Å². The van der Waals surface area contributed by atoms with Crippen LogP contribution in [0, 0.1) is 10.8 Å². The van der Waals surface area contributed by atoms with Crippen molar-refractivity contribution in [3.63, 3.8) is 0 Å². The molecule has 10 rings (SSSR count). The summed E-state index contributed by atoms with van der Waals surface area (Å²) in [5.41, 5.74) is 9.32. The topological polar surface area (TPSA) is 160 Å². The van der Waals surface area contributed by atoms with Gasteiger partial charge in [0.1, 0.15) is 13.2 Å². The average Bonchev–Trinajstić information content (AvgIpc) is 3.74. The molecule has 356 valence electrons. The lowest BCUT2D eigenvalue weighted by Crippen LogP contribution is -2.53. The predicted molar refractivity (Wildman–Crippen MR) is 268 cm³/mol. The minimum absolute atomic E-state index is 0. The summed E-state index contributed by atoms with van der Waals surface area (Å²) in [5.74, 6) is 2.22. The van der Waals surface area contributed by atoms with Crippen molar-refractivity contribution in [2.75, 3.05) is 80.7 Å². The molecule has 6 aliphatic heterocycles. The van der Waals surface area contributed by atoms with Gasteiger partial charge in [0.05, 0.1) is 23.1 Å². The molecular formula is C46H74Cl4N8O5. The third-order valence-corrected chi connectivity index (χ3v) is 14.5. The molecule has 2 fully saturated rings. The number of para-hydroxylation sites is 2. The number of halogens is 4. The first kappa shape index (κ1) is 56.5. The molecule has 0 saturated carbocycles. The first-order valence-corrected chi connectivity index (χ1v) is 21.7. The van der Waals surface area contributed by atoms with Crippen LogP contribution in [0.3, 0.4) is 0 Å². The maximum absolute atomic E-state index is 5.82. The van der Waals surface area contributed by atoms with Crippen molar-refractivity contribution in [1.29, 1.82) is 0 Å². The van der Waals surface area contributed by atoms with Crippen LogP contribution in [0.15, 0.2) is 58.8 Å². The fraction of sp³-hybridized carbons (Fsp3) is 0.609. The second-order valence-electron chi connectivity index (χ2n) is 18.1. The number of benzene rings is 2. The highest BCUT2D eigenvalue weighted by molar-refractivity contribution is 6.01. The zero-order valence-electron chi connectivity index (χ0n) is 38.0. The standard InChI is InChI=1S/2C23H32N4O.4ClH.3H2O/c2*1-4-23-11-7-12-26-13-10-18-17-8-5-6-9-19(17)27(21(18)22(23)26)20(16-23)24-28-15-14-25(2)3;;;;;;;/h2*5-6,8-9,22H,4,7,10-16H2,1-3H3;4*1H;3*1H2/t2*22-,23+;;;;;;;/m11......./s1. The molecule has 0 radical (unpaired) electrons. The van der Waals surface area contributed by atoms with Gasteiger partial charge in [-0.25, -0.2) is 0 Å². The zero-order chi connectivity index (χ0) is 38.6. The molecule has 4 aromatic rings. The summed E-state index contributed by atoms with van der Waals surface area (Å²) < 4.78 is 4.91. The van der Waals surface area contributed by atoms with Crippen LogP contribution >= 0.6 is 49.6 Å². The second kappa shape index (κ2) is 23.2. The normalized spacial score (nSPS) is 25.0. The van der Waals surface area contributed by atoms with E-state index < -0.39 is 0 Å². The molecule has 8 heterocycles. The molecule has 0 bridgehead atoms. The highest BCUT2D eigenvalue weighted by atomic mass is 35.5. The lowest BCUT2D eigenvalue weighted by molar-refractivity contribution is -0.00493. The average molecular weight is 961 g/mol. The van der Waals surface area contributed by atoms with Gasteiger partial charge in [-0.05, 0) is 127 Å². The first-order valence-electron chi connectivity index (χ1n) is 21.7. The quantitative estimate of drug-likeness (QED) is 0.123. The fourth-order valence-electron chi connectivity index (χ4n) is 11.8. The van der Waals surface area contributed by atoms with Crippen LogP contribution in [0.1, 0.15) is 99.8 Å². The van der Waals surface area contributed by atoms with Crippen molar-refractivity contribution in [3.8, 4) is 0 Å². The van der Waals surface area contributed by atoms with E-state index in [2.05, 4.69) is 119 Å². The zero-order valence-corrected chi connectivity index (χ0v) is 41.3. The molecule has 0 spiro atoms. The highest BCUT2D eigenvalue weighted by Crippen LogP contribution is 2.58. The van der Waals surface area contributed by atoms with E-state index in [0.717, 1.165) is 50.4 Å². The Morgan fingerprint density at radius 3 is 1.33 bits per heavy atom. The van der Waals surface area contributed by atoms with Gasteiger partial charge < -0.3 is 35.9 Å². The van der Waals surface area contributed by atoms with Gasteiger partial charge in [0.25, 0.3) is 0 Å². The number of fused-ring (bicyclic) bond motifs is 6. The van der Waals surface area contributed by atoms with Gasteiger partial charge in [-0.1, -0.05) is 60.6 Å². The SMILES string of the molecule is CC[C@]12CCCN3CCc4c(n(c5ccccc45)C(=NOCCN(C)C)C1)[C@@H]32.CC[C@]12CCCN3CCc4c(n(c5ccccc45)C(=NOCCN(C)C)C1)[C@@H]32.Cl.Cl.Cl.Cl.O.O.O. The van der Waals surface area contributed by atoms with Gasteiger partial charge >= 0.3 is 0 Å². The van der Waals surface area contributed by atoms with Crippen LogP contribution < -0.4 is 0 Å². The number of piperidine rings is 2. The van der Waals surface area contributed by atoms with E-state index >= 15 is 0 Å². The number of aromatic nitrogens is 2. The van der Waals surface area contributed by atoms with E-state index in [1.165, 1.54) is 97.9 Å². The molecular weight excluding hydrogens is 886 g/mol. The van der Waals surface area contributed by atoms with Crippen LogP contribution in [0.4, 0.5) is 0 Å². The van der Waals surface area contributed by atoms with E-state index in [0.29, 0.717) is 36.1 Å². The third-order valence-electron chi connectivity index (χ3n) is 14.5. The molecule has 4 atom stereocenters. The number of oxime groups is 2. The van der Waals surface area contributed by atoms with Crippen molar-refractivity contribution in [3.05, 3.63) is 71.0 Å². The van der Waals surface area contributed by atoms with Gasteiger partial charge in [-0.2, -0.15) is 0 Å². The van der Waals surface area contributed by atoms with Crippen molar-refractivity contribution in [1.82, 2.24) is 28.7 Å². The number of rotatable bonds is 10. The van der Waals surface area contributed by atoms with Crippen molar-refractivity contribution >= 4 is 83.1 Å². The molecule has 17 heteroatoms. The smallest absolute Gasteiger partial charge is 0.153 e. The van der Waals surface area contributed by atoms with Gasteiger partial charge in [0, 0.05) is 61.2 Å². The largest absolute Gasteiger partial charge is 0.412 e. The Morgan fingerprint density at radius 1 is 0.587 bits per heavy atom. The Labute approximate surface area is 399 Å². The predicted octanol–water partition coefficient (Wildman–Crippen LogP) is 6.96. The van der Waals surface area contributed by atoms with Crippen LogP contribution in [-0.4, -0.2) is 138 Å². The molecule has 2 aromatic heterocycles. The molecule has 0 aliphatic carbocycles. The number of hydrogen-bond donors (Lipinski definition) is 0. The Balaban J connectivity index is 0.000000390. The van der Waals surface area contributed by atoms with Crippen LogP contribution in [0.5, 0.6) is 0 Å². The molecule has 6 N–H and O–H groups in total. The second-order valence-corrected chi connectivity index (χ2v) is 18.1. The molecule has 2 aromatic carbocycles. The van der Waals surface area contributed by atoms with Crippen LogP contribution in [0.2, 0.25) is 0 Å². The summed E-state index contributed by atoms with van der Waals surface area (Å²) in [4.78, 5) is 21.4. The van der Waals surface area contributed by atoms with Gasteiger partial charge in [-0.15, -0.1) is 49.6 Å². The summed E-state index contributed by atoms with van der Waals surface area (Å²) >= 11 is 0. The summed E-state index contributed by atoms with van der Waals surface area (Å²) in [6, 6.07) is 18.8. The summed E-state index contributed by atoms with van der Waals surface area (Å²) in [6.45, 7) is 12.6. The van der Waals surface area contributed by atoms with E-state index in [4.69, 9.17) is 20.0 Å². The number of nitrogens with zero attached hydrogens (tertiary/aromatic N) is 8. The monoisotopic (exact) mass is 958 g/mol. The Hall–Kier alpha value is -2.66. The maximum Gasteiger partial charge on any atom is 0.153 e. The molecule has 0 unspecified atom stereocenters. The summed E-state index contributed by atoms with van der Waals surface area (Å²) in [6.07, 6.45) is 11.9. The maximum atomic E-state index is 5.82. The van der Waals surface area contributed by atoms with Crippen LogP contribution in [-0.2, 0) is 22.5 Å².